The smallest absolute Gasteiger partial charge is 0.410 e. The number of ether oxygens (including phenoxy) is 2. The van der Waals surface area contributed by atoms with E-state index in [2.05, 4.69) is 5.43 Å². The van der Waals surface area contributed by atoms with E-state index in [1.807, 2.05) is 27.7 Å². The predicted octanol–water partition coefficient (Wildman–Crippen LogP) is 1.99. The summed E-state index contributed by atoms with van der Waals surface area (Å²) in [7, 11) is 1.67. The van der Waals surface area contributed by atoms with Gasteiger partial charge in [0.15, 0.2) is 11.4 Å². The molecule has 0 radical (unpaired) electrons. The molecule has 1 spiro atoms. The normalized spacial score (nSPS) is 21.2. The molecule has 2 aliphatic rings. The molecule has 1 aromatic heterocycles. The highest BCUT2D eigenvalue weighted by Crippen LogP contribution is 2.33. The molecular formula is C20H30N4O5. The van der Waals surface area contributed by atoms with Crippen LogP contribution in [0, 0.1) is 0 Å². The maximum Gasteiger partial charge on any atom is 0.410 e. The zero-order valence-electron chi connectivity index (χ0n) is 17.8. The molecule has 0 saturated carbocycles. The summed E-state index contributed by atoms with van der Waals surface area (Å²) in [6.45, 7) is 8.58. The summed E-state index contributed by atoms with van der Waals surface area (Å²) in [5.41, 5.74) is 1.79. The van der Waals surface area contributed by atoms with E-state index < -0.39 is 17.4 Å². The zero-order valence-corrected chi connectivity index (χ0v) is 17.8. The van der Waals surface area contributed by atoms with Crippen LogP contribution in [0.4, 0.5) is 4.79 Å². The molecular weight excluding hydrogens is 376 g/mol. The molecule has 1 aromatic rings. The molecule has 160 valence electrons. The standard InChI is InChI=1S/C20H30N4O5/c1-6-7-12-28-16-14(25)8-10-24-15(16)17(26)22(5)20(21-24)9-11-23(13-20)18(27)29-19(2,3)4/h8,10,21H,6-7,9,11-13H2,1-5H3. The Kier molecular flexibility index (Phi) is 5.51. The maximum absolute atomic E-state index is 13.2. The van der Waals surface area contributed by atoms with Gasteiger partial charge < -0.3 is 19.3 Å². The quantitative estimate of drug-likeness (QED) is 0.769. The number of unbranched alkanes of at least 4 members (excludes halogenated alkanes) is 1. The van der Waals surface area contributed by atoms with Gasteiger partial charge in [0.2, 0.25) is 5.43 Å². The van der Waals surface area contributed by atoms with Crippen LogP contribution >= 0.6 is 0 Å². The van der Waals surface area contributed by atoms with Crippen molar-refractivity contribution in [3.63, 3.8) is 0 Å². The highest BCUT2D eigenvalue weighted by atomic mass is 16.6. The molecule has 2 amide bonds. The third-order valence-electron chi connectivity index (χ3n) is 5.18. The van der Waals surface area contributed by atoms with E-state index in [-0.39, 0.29) is 29.3 Å². The largest absolute Gasteiger partial charge is 0.487 e. The number of carbonyl (C=O) groups is 2. The van der Waals surface area contributed by atoms with Crippen LogP contribution in [0.15, 0.2) is 17.1 Å². The van der Waals surface area contributed by atoms with E-state index in [0.717, 1.165) is 12.8 Å². The monoisotopic (exact) mass is 406 g/mol. The topological polar surface area (TPSA) is 93.1 Å². The van der Waals surface area contributed by atoms with Crippen molar-refractivity contribution in [3.8, 4) is 5.75 Å². The first kappa shape index (κ1) is 21.0. The first-order chi connectivity index (χ1) is 13.6. The number of rotatable bonds is 4. The fourth-order valence-electron chi connectivity index (χ4n) is 3.56. The number of likely N-dealkylation sites (N-methyl/N-ethyl adjacent to an activating group) is 1. The van der Waals surface area contributed by atoms with Crippen molar-refractivity contribution in [2.45, 2.75) is 58.2 Å². The minimum atomic E-state index is -0.781. The number of carbonyl (C=O) groups excluding carboxylic acids is 2. The van der Waals surface area contributed by atoms with Crippen LogP contribution in [0.25, 0.3) is 0 Å². The molecule has 9 heteroatoms. The highest BCUT2D eigenvalue weighted by Gasteiger charge is 2.50. The fourth-order valence-corrected chi connectivity index (χ4v) is 3.56. The Morgan fingerprint density at radius 3 is 2.69 bits per heavy atom. The molecule has 29 heavy (non-hydrogen) atoms. The first-order valence-electron chi connectivity index (χ1n) is 10.0. The highest BCUT2D eigenvalue weighted by molar-refractivity contribution is 5.96. The second kappa shape index (κ2) is 7.61. The predicted molar refractivity (Wildman–Crippen MR) is 108 cm³/mol. The number of aromatic nitrogens is 1. The van der Waals surface area contributed by atoms with Crippen LogP contribution in [0.3, 0.4) is 0 Å². The van der Waals surface area contributed by atoms with Crippen LogP contribution in [-0.4, -0.2) is 64.5 Å². The Bertz CT molecular complexity index is 859. The summed E-state index contributed by atoms with van der Waals surface area (Å²) >= 11 is 0. The Labute approximate surface area is 170 Å². The lowest BCUT2D eigenvalue weighted by atomic mass is 10.1. The van der Waals surface area contributed by atoms with Crippen molar-refractivity contribution < 1.29 is 19.1 Å². The summed E-state index contributed by atoms with van der Waals surface area (Å²) in [4.78, 5) is 41.1. The van der Waals surface area contributed by atoms with E-state index in [0.29, 0.717) is 19.6 Å². The van der Waals surface area contributed by atoms with Crippen molar-refractivity contribution >= 4 is 12.0 Å². The number of nitrogens with one attached hydrogen (secondary N) is 1. The summed E-state index contributed by atoms with van der Waals surface area (Å²) < 4.78 is 12.7. The van der Waals surface area contributed by atoms with Gasteiger partial charge in [0.25, 0.3) is 5.91 Å². The van der Waals surface area contributed by atoms with E-state index in [4.69, 9.17) is 9.47 Å². The Morgan fingerprint density at radius 1 is 1.31 bits per heavy atom. The molecule has 0 aliphatic carbocycles. The number of pyridine rings is 1. The molecule has 9 nitrogen and oxygen atoms in total. The van der Waals surface area contributed by atoms with Gasteiger partial charge in [-0.25, -0.2) is 4.79 Å². The van der Waals surface area contributed by atoms with Crippen LogP contribution < -0.4 is 15.6 Å². The van der Waals surface area contributed by atoms with Gasteiger partial charge in [-0.1, -0.05) is 13.3 Å². The first-order valence-corrected chi connectivity index (χ1v) is 10.0. The summed E-state index contributed by atoms with van der Waals surface area (Å²) in [6, 6.07) is 1.38. The number of hydrogen-bond donors (Lipinski definition) is 1. The van der Waals surface area contributed by atoms with Crippen molar-refractivity contribution in [1.82, 2.24) is 14.5 Å². The summed E-state index contributed by atoms with van der Waals surface area (Å²) in [5, 5.41) is 0. The van der Waals surface area contributed by atoms with E-state index in [1.165, 1.54) is 12.3 Å². The van der Waals surface area contributed by atoms with Crippen molar-refractivity contribution in [1.29, 1.82) is 0 Å². The van der Waals surface area contributed by atoms with Crippen LogP contribution in [0.5, 0.6) is 5.75 Å². The molecule has 1 atom stereocenters. The number of hydrogen-bond acceptors (Lipinski definition) is 6. The average molecular weight is 406 g/mol. The molecule has 1 saturated heterocycles. The van der Waals surface area contributed by atoms with Gasteiger partial charge in [-0.3, -0.25) is 19.7 Å². The SMILES string of the molecule is CCCCOc1c2n(ccc1=O)NC1(CCN(C(=O)OC(C)(C)C)C1)N(C)C2=O. The number of fused-ring (bicyclic) bond motifs is 1. The lowest BCUT2D eigenvalue weighted by molar-refractivity contribution is 0.0238. The fraction of sp³-hybridized carbons (Fsp3) is 0.650. The van der Waals surface area contributed by atoms with Crippen molar-refractivity contribution in [2.75, 3.05) is 32.2 Å². The zero-order chi connectivity index (χ0) is 21.4. The Morgan fingerprint density at radius 2 is 2.03 bits per heavy atom. The molecule has 0 aromatic carbocycles. The minimum Gasteiger partial charge on any atom is -0.487 e. The number of nitrogens with zero attached hydrogens (tertiary/aromatic N) is 3. The Balaban J connectivity index is 1.87. The van der Waals surface area contributed by atoms with E-state index in [1.54, 1.807) is 21.5 Å². The van der Waals surface area contributed by atoms with Gasteiger partial charge in [-0.15, -0.1) is 0 Å². The van der Waals surface area contributed by atoms with Gasteiger partial charge in [0.1, 0.15) is 11.3 Å². The van der Waals surface area contributed by atoms with E-state index in [9.17, 15) is 14.4 Å². The minimum absolute atomic E-state index is 0.0575. The molecule has 1 fully saturated rings. The van der Waals surface area contributed by atoms with Crippen LogP contribution in [-0.2, 0) is 4.74 Å². The summed E-state index contributed by atoms with van der Waals surface area (Å²) in [6.07, 6.45) is 3.37. The van der Waals surface area contributed by atoms with Gasteiger partial charge in [-0.05, 0) is 27.2 Å². The second-order valence-corrected chi connectivity index (χ2v) is 8.59. The van der Waals surface area contributed by atoms with Crippen LogP contribution in [0.1, 0.15) is 57.4 Å². The number of amides is 2. The molecule has 3 rings (SSSR count). The Hall–Kier alpha value is -2.71. The lowest BCUT2D eigenvalue weighted by Gasteiger charge is -2.44. The van der Waals surface area contributed by atoms with Gasteiger partial charge in [-0.2, -0.15) is 0 Å². The van der Waals surface area contributed by atoms with Crippen molar-refractivity contribution in [3.05, 3.63) is 28.2 Å². The average Bonchev–Trinajstić information content (AvgIpc) is 3.06. The third-order valence-corrected chi connectivity index (χ3v) is 5.18. The molecule has 1 N–H and O–H groups in total. The van der Waals surface area contributed by atoms with Gasteiger partial charge >= 0.3 is 6.09 Å². The molecule has 3 heterocycles. The molecule has 1 unspecified atom stereocenters. The van der Waals surface area contributed by atoms with Crippen molar-refractivity contribution in [2.24, 2.45) is 0 Å². The molecule has 2 aliphatic heterocycles. The van der Waals surface area contributed by atoms with E-state index >= 15 is 0 Å². The maximum atomic E-state index is 13.2. The summed E-state index contributed by atoms with van der Waals surface area (Å²) in [5.74, 6) is -0.263. The second-order valence-electron chi connectivity index (χ2n) is 8.59. The number of likely N-dealkylation sites (tertiary alicyclic amines) is 1. The lowest BCUT2D eigenvalue weighted by Crippen LogP contribution is -2.64. The van der Waals surface area contributed by atoms with Crippen LogP contribution in [0.2, 0.25) is 0 Å². The van der Waals surface area contributed by atoms with Gasteiger partial charge in [0.05, 0.1) is 13.2 Å². The van der Waals surface area contributed by atoms with Gasteiger partial charge in [0, 0.05) is 32.3 Å². The molecule has 0 bridgehead atoms. The third kappa shape index (κ3) is 4.04.